The highest BCUT2D eigenvalue weighted by molar-refractivity contribution is 5.67. The minimum Gasteiger partial charge on any atom is -0.366 e. The van der Waals surface area contributed by atoms with Gasteiger partial charge in [-0.05, 0) is 6.07 Å². The number of morpholine rings is 1. The highest BCUT2D eigenvalue weighted by Gasteiger charge is 2.30. The van der Waals surface area contributed by atoms with Crippen LogP contribution in [0.25, 0.3) is 0 Å². The molecule has 11 nitrogen and oxygen atoms in total. The van der Waals surface area contributed by atoms with Crippen molar-refractivity contribution < 1.29 is 14.6 Å². The van der Waals surface area contributed by atoms with Crippen molar-refractivity contribution in [3.63, 3.8) is 0 Å². The second kappa shape index (κ2) is 6.81. The number of nitrogens with one attached hydrogen (secondary N) is 1. The van der Waals surface area contributed by atoms with Crippen molar-refractivity contribution in [2.75, 3.05) is 24.6 Å². The van der Waals surface area contributed by atoms with E-state index in [1.165, 1.54) is 12.1 Å². The molecule has 1 N–H and O–H groups in total. The Bertz CT molecular complexity index is 807. The monoisotopic (exact) mass is 348 g/mol. The standard InChI is InChI=1S/C14H16N6O5/c1-2-13-15-14(17-16-13)12-8-18(5-6-25-12)10-4-3-9(19(21)22)7-11(10)20(23)24/h3-4,7,12H,2,5-6,8H2,1H3,(H,15,16,17). The van der Waals surface area contributed by atoms with E-state index in [-0.39, 0.29) is 11.4 Å². The van der Waals surface area contributed by atoms with Crippen molar-refractivity contribution in [1.29, 1.82) is 0 Å². The van der Waals surface area contributed by atoms with Gasteiger partial charge >= 0.3 is 0 Å². The van der Waals surface area contributed by atoms with Gasteiger partial charge in [0, 0.05) is 19.0 Å². The van der Waals surface area contributed by atoms with E-state index in [0.29, 0.717) is 37.6 Å². The molecular formula is C14H16N6O5. The molecule has 3 rings (SSSR count). The fraction of sp³-hybridized carbons (Fsp3) is 0.429. The van der Waals surface area contributed by atoms with Crippen LogP contribution >= 0.6 is 0 Å². The summed E-state index contributed by atoms with van der Waals surface area (Å²) in [4.78, 5) is 27.0. The second-order valence-electron chi connectivity index (χ2n) is 5.49. The first-order chi connectivity index (χ1) is 12.0. The molecule has 11 heteroatoms. The number of aryl methyl sites for hydroxylation is 1. The lowest BCUT2D eigenvalue weighted by Crippen LogP contribution is -2.39. The predicted molar refractivity (Wildman–Crippen MR) is 86.4 cm³/mol. The number of aromatic nitrogens is 3. The van der Waals surface area contributed by atoms with Gasteiger partial charge in [0.15, 0.2) is 5.82 Å². The largest absolute Gasteiger partial charge is 0.366 e. The fourth-order valence-electron chi connectivity index (χ4n) is 2.68. The number of nitro groups is 2. The zero-order valence-electron chi connectivity index (χ0n) is 13.4. The molecule has 1 atom stereocenters. The third-order valence-electron chi connectivity index (χ3n) is 3.95. The van der Waals surface area contributed by atoms with Crippen LogP contribution in [0.1, 0.15) is 24.7 Å². The first-order valence-corrected chi connectivity index (χ1v) is 7.70. The lowest BCUT2D eigenvalue weighted by Gasteiger charge is -2.32. The normalized spacial score (nSPS) is 17.5. The van der Waals surface area contributed by atoms with Crippen LogP contribution in [0.3, 0.4) is 0 Å². The smallest absolute Gasteiger partial charge is 0.299 e. The quantitative estimate of drug-likeness (QED) is 0.636. The summed E-state index contributed by atoms with van der Waals surface area (Å²) in [6.45, 7) is 3.03. The molecule has 1 unspecified atom stereocenters. The van der Waals surface area contributed by atoms with Crippen molar-refractivity contribution in [2.24, 2.45) is 0 Å². The molecule has 1 saturated heterocycles. The number of aromatic amines is 1. The van der Waals surface area contributed by atoms with E-state index in [4.69, 9.17) is 4.74 Å². The Kier molecular flexibility index (Phi) is 4.57. The Hall–Kier alpha value is -3.08. The van der Waals surface area contributed by atoms with Gasteiger partial charge in [0.25, 0.3) is 11.4 Å². The molecule has 1 aromatic heterocycles. The third-order valence-corrected chi connectivity index (χ3v) is 3.95. The van der Waals surface area contributed by atoms with Gasteiger partial charge in [-0.1, -0.05) is 6.92 Å². The first-order valence-electron chi connectivity index (χ1n) is 7.70. The number of anilines is 1. The zero-order valence-corrected chi connectivity index (χ0v) is 13.4. The van der Waals surface area contributed by atoms with Gasteiger partial charge in [-0.25, -0.2) is 4.98 Å². The Morgan fingerprint density at radius 1 is 1.36 bits per heavy atom. The molecule has 0 aliphatic carbocycles. The Morgan fingerprint density at radius 2 is 2.16 bits per heavy atom. The SMILES string of the molecule is CCc1nc(C2CN(c3ccc([N+](=O)[O-])cc3[N+](=O)[O-])CCO2)n[nH]1. The summed E-state index contributed by atoms with van der Waals surface area (Å²) < 4.78 is 5.67. The number of hydrogen-bond donors (Lipinski definition) is 1. The molecule has 132 valence electrons. The van der Waals surface area contributed by atoms with E-state index in [2.05, 4.69) is 15.2 Å². The lowest BCUT2D eigenvalue weighted by molar-refractivity contribution is -0.393. The summed E-state index contributed by atoms with van der Waals surface area (Å²) >= 11 is 0. The van der Waals surface area contributed by atoms with Gasteiger partial charge in [-0.15, -0.1) is 0 Å². The number of nitrogens with zero attached hydrogens (tertiary/aromatic N) is 5. The number of rotatable bonds is 5. The second-order valence-corrected chi connectivity index (χ2v) is 5.49. The summed E-state index contributed by atoms with van der Waals surface area (Å²) in [5.41, 5.74) is -0.309. The van der Waals surface area contributed by atoms with Crippen LogP contribution in [0.2, 0.25) is 0 Å². The molecule has 0 radical (unpaired) electrons. The van der Waals surface area contributed by atoms with Gasteiger partial charge in [-0.3, -0.25) is 25.3 Å². The van der Waals surface area contributed by atoms with Gasteiger partial charge in [-0.2, -0.15) is 5.10 Å². The Morgan fingerprint density at radius 3 is 2.80 bits per heavy atom. The summed E-state index contributed by atoms with van der Waals surface area (Å²) in [5.74, 6) is 1.23. The van der Waals surface area contributed by atoms with Crippen molar-refractivity contribution in [3.8, 4) is 0 Å². The van der Waals surface area contributed by atoms with Crippen LogP contribution in [0.4, 0.5) is 17.1 Å². The molecular weight excluding hydrogens is 332 g/mol. The van der Waals surface area contributed by atoms with Crippen LogP contribution in [0.15, 0.2) is 18.2 Å². The molecule has 0 saturated carbocycles. The molecule has 1 aliphatic rings. The van der Waals surface area contributed by atoms with E-state index in [1.54, 1.807) is 4.90 Å². The van der Waals surface area contributed by atoms with Gasteiger partial charge < -0.3 is 9.64 Å². The van der Waals surface area contributed by atoms with E-state index < -0.39 is 16.0 Å². The van der Waals surface area contributed by atoms with Crippen LogP contribution in [0, 0.1) is 20.2 Å². The van der Waals surface area contributed by atoms with E-state index in [0.717, 1.165) is 11.9 Å². The minimum atomic E-state index is -0.654. The van der Waals surface area contributed by atoms with Crippen molar-refractivity contribution in [3.05, 3.63) is 50.1 Å². The number of nitro benzene ring substituents is 2. The molecule has 1 fully saturated rings. The highest BCUT2D eigenvalue weighted by atomic mass is 16.6. The van der Waals surface area contributed by atoms with Crippen molar-refractivity contribution in [2.45, 2.75) is 19.4 Å². The summed E-state index contributed by atoms with van der Waals surface area (Å²) in [7, 11) is 0. The molecule has 0 spiro atoms. The van der Waals surface area contributed by atoms with E-state index in [9.17, 15) is 20.2 Å². The van der Waals surface area contributed by atoms with E-state index >= 15 is 0 Å². The molecule has 2 heterocycles. The molecule has 2 aromatic rings. The number of hydrogen-bond acceptors (Lipinski definition) is 8. The Balaban J connectivity index is 1.88. The van der Waals surface area contributed by atoms with Gasteiger partial charge in [0.2, 0.25) is 0 Å². The summed E-state index contributed by atoms with van der Waals surface area (Å²) in [6, 6.07) is 3.63. The molecule has 25 heavy (non-hydrogen) atoms. The number of non-ortho nitro benzene ring substituents is 1. The Labute approximate surface area is 141 Å². The maximum absolute atomic E-state index is 11.3. The number of ether oxygens (including phenoxy) is 1. The van der Waals surface area contributed by atoms with Crippen LogP contribution in [-0.4, -0.2) is 44.7 Å². The third kappa shape index (κ3) is 3.40. The van der Waals surface area contributed by atoms with Gasteiger partial charge in [0.1, 0.15) is 17.6 Å². The number of H-pyrrole nitrogens is 1. The maximum atomic E-state index is 11.3. The maximum Gasteiger partial charge on any atom is 0.299 e. The predicted octanol–water partition coefficient (Wildman–Crippen LogP) is 1.76. The fourth-order valence-corrected chi connectivity index (χ4v) is 2.68. The van der Waals surface area contributed by atoms with E-state index in [1.807, 2.05) is 6.92 Å². The average Bonchev–Trinajstić information content (AvgIpc) is 3.10. The van der Waals surface area contributed by atoms with Crippen LogP contribution in [-0.2, 0) is 11.2 Å². The number of benzene rings is 1. The first kappa shape index (κ1) is 16.8. The summed E-state index contributed by atoms with van der Waals surface area (Å²) in [6.07, 6.45) is 0.275. The minimum absolute atomic E-state index is 0.306. The molecule has 0 amide bonds. The van der Waals surface area contributed by atoms with Crippen molar-refractivity contribution >= 4 is 17.1 Å². The topological polar surface area (TPSA) is 140 Å². The lowest BCUT2D eigenvalue weighted by atomic mass is 10.2. The van der Waals surface area contributed by atoms with Crippen LogP contribution < -0.4 is 4.90 Å². The molecule has 1 aromatic carbocycles. The highest BCUT2D eigenvalue weighted by Crippen LogP contribution is 2.34. The molecule has 1 aliphatic heterocycles. The van der Waals surface area contributed by atoms with Gasteiger partial charge in [0.05, 0.1) is 29.1 Å². The average molecular weight is 348 g/mol. The zero-order chi connectivity index (χ0) is 18.0. The molecule has 0 bridgehead atoms. The summed E-state index contributed by atoms with van der Waals surface area (Å²) in [5, 5.41) is 29.1. The van der Waals surface area contributed by atoms with Crippen molar-refractivity contribution in [1.82, 2.24) is 15.2 Å². The van der Waals surface area contributed by atoms with Crippen LogP contribution in [0.5, 0.6) is 0 Å².